The lowest BCUT2D eigenvalue weighted by atomic mass is 9.88. The van der Waals surface area contributed by atoms with Gasteiger partial charge in [0.2, 0.25) is 17.7 Å². The van der Waals surface area contributed by atoms with Gasteiger partial charge in [0.05, 0.1) is 256 Å². The SMILES string of the molecule is CC(=O)NC1C2OCC(COCCOCCOCCOCCn3cc(COCC(COCc4cn(CCOCCOCCOCCOCC56COC(O5)C(NC(C)=O)C5OC(C)(C)OC56)nn4)(COCc4cn(CCOCCOCCOCCOCC56COC(O5)C(NC(C)=O)C5OC(C)(C)OC56)nn4)NC(=O)OC(C)(C)C)nn3)(O2)C2OC(C)(C)OC12. The van der Waals surface area contributed by atoms with Crippen LogP contribution in [0.25, 0.3) is 0 Å². The van der Waals surface area contributed by atoms with Crippen LogP contribution in [0.3, 0.4) is 0 Å². The number of aromatic nitrogens is 9. The number of rotatable bonds is 58. The highest BCUT2D eigenvalue weighted by molar-refractivity contribution is 5.74. The minimum atomic E-state index is -1.36. The molecule has 12 heterocycles. The number of hydrogen-bond acceptors (Lipinski definition) is 38. The van der Waals surface area contributed by atoms with Gasteiger partial charge in [-0.05, 0) is 62.3 Å². The zero-order chi connectivity index (χ0) is 87.1. The van der Waals surface area contributed by atoms with Crippen molar-refractivity contribution in [2.24, 2.45) is 0 Å². The number of carbonyl (C=O) groups excluding carboxylic acids is 4. The summed E-state index contributed by atoms with van der Waals surface area (Å²) >= 11 is 0. The van der Waals surface area contributed by atoms with Crippen LogP contribution in [0.15, 0.2) is 18.6 Å². The Balaban J connectivity index is 0.538. The lowest BCUT2D eigenvalue weighted by Crippen LogP contribution is -2.65. The van der Waals surface area contributed by atoms with Gasteiger partial charge in [-0.15, -0.1) is 15.3 Å². The van der Waals surface area contributed by atoms with E-state index in [0.717, 1.165) is 0 Å². The Labute approximate surface area is 714 Å². The van der Waals surface area contributed by atoms with Crippen molar-refractivity contribution in [2.45, 2.75) is 241 Å². The Morgan fingerprint density at radius 2 is 0.634 bits per heavy atom. The molecule has 0 aromatic carbocycles. The van der Waals surface area contributed by atoms with Gasteiger partial charge in [-0.2, -0.15) is 0 Å². The smallest absolute Gasteiger partial charge is 0.408 e. The van der Waals surface area contributed by atoms with E-state index in [1.54, 1.807) is 53.4 Å². The molecule has 4 N–H and O–H groups in total. The minimum Gasteiger partial charge on any atom is -0.444 e. The molecule has 0 saturated carbocycles. The highest BCUT2D eigenvalue weighted by Crippen LogP contribution is 2.50. The average molecular weight is 1760 g/mol. The summed E-state index contributed by atoms with van der Waals surface area (Å²) in [4.78, 5) is 49.7. The van der Waals surface area contributed by atoms with Crippen molar-refractivity contribution < 1.29 is 152 Å². The molecule has 3 aromatic rings. The van der Waals surface area contributed by atoms with Gasteiger partial charge >= 0.3 is 6.09 Å². The molecule has 9 aliphatic rings. The number of fused-ring (bicyclic) bond motifs is 12. The first-order chi connectivity index (χ1) is 59.0. The first-order valence-electron chi connectivity index (χ1n) is 42.1. The van der Waals surface area contributed by atoms with Gasteiger partial charge in [-0.25, -0.2) is 18.8 Å². The predicted octanol–water partition coefficient (Wildman–Crippen LogP) is -0.676. The number of amides is 4. The molecule has 9 aliphatic heterocycles. The van der Waals surface area contributed by atoms with E-state index in [1.807, 2.05) is 41.5 Å². The van der Waals surface area contributed by atoms with Crippen molar-refractivity contribution in [1.82, 2.24) is 66.2 Å². The first kappa shape index (κ1) is 96.1. The number of nitrogens with one attached hydrogen (secondary N) is 4. The molecular formula is C78H127N13O32. The summed E-state index contributed by atoms with van der Waals surface area (Å²) in [5.74, 6) is -3.26. The van der Waals surface area contributed by atoms with E-state index in [1.165, 1.54) is 20.8 Å². The fourth-order valence-corrected chi connectivity index (χ4v) is 15.6. The van der Waals surface area contributed by atoms with Crippen LogP contribution >= 0.6 is 0 Å². The molecule has 6 bridgehead atoms. The van der Waals surface area contributed by atoms with Crippen molar-refractivity contribution in [2.75, 3.05) is 198 Å². The van der Waals surface area contributed by atoms with Crippen molar-refractivity contribution in [3.63, 3.8) is 0 Å². The third kappa shape index (κ3) is 28.0. The summed E-state index contributed by atoms with van der Waals surface area (Å²) in [5.41, 5.74) is -3.36. The molecule has 15 unspecified atom stereocenters. The van der Waals surface area contributed by atoms with Crippen LogP contribution in [0.5, 0.6) is 0 Å². The largest absolute Gasteiger partial charge is 0.444 e. The molecular weight excluding hydrogens is 1630 g/mol. The molecule has 15 atom stereocenters. The molecule has 45 nitrogen and oxygen atoms in total. The van der Waals surface area contributed by atoms with Gasteiger partial charge in [0.15, 0.2) is 36.2 Å². The van der Waals surface area contributed by atoms with E-state index in [0.29, 0.717) is 175 Å². The molecule has 123 heavy (non-hydrogen) atoms. The fourth-order valence-electron chi connectivity index (χ4n) is 15.6. The minimum absolute atomic E-state index is 0.00132. The van der Waals surface area contributed by atoms with Gasteiger partial charge in [0.1, 0.15) is 99.8 Å². The Morgan fingerprint density at radius 3 is 0.894 bits per heavy atom. The van der Waals surface area contributed by atoms with Crippen LogP contribution in [0.2, 0.25) is 0 Å². The Morgan fingerprint density at radius 1 is 0.374 bits per heavy atom. The first-order valence-corrected chi connectivity index (χ1v) is 42.1. The second kappa shape index (κ2) is 44.8. The fraction of sp³-hybridized carbons (Fsp3) is 0.872. The van der Waals surface area contributed by atoms with Crippen molar-refractivity contribution in [3.05, 3.63) is 35.7 Å². The predicted molar refractivity (Wildman–Crippen MR) is 416 cm³/mol. The molecule has 0 radical (unpaired) electrons. The topological polar surface area (TPSA) is 467 Å². The third-order valence-electron chi connectivity index (χ3n) is 20.7. The van der Waals surface area contributed by atoms with Crippen LogP contribution in [-0.2, 0) is 186 Å². The lowest BCUT2D eigenvalue weighted by molar-refractivity contribution is -0.214. The Bertz CT molecular complexity index is 3400. The van der Waals surface area contributed by atoms with Crippen LogP contribution in [-0.4, -0.2) is 386 Å². The van der Waals surface area contributed by atoms with E-state index in [-0.39, 0.29) is 97.0 Å². The Kier molecular flexibility index (Phi) is 35.0. The number of nitrogens with zero attached hydrogens (tertiary/aromatic N) is 9. The van der Waals surface area contributed by atoms with Crippen LogP contribution < -0.4 is 21.3 Å². The maximum Gasteiger partial charge on any atom is 0.408 e. The summed E-state index contributed by atoms with van der Waals surface area (Å²) in [5, 5.41) is 37.5. The number of alkyl carbamates (subject to hydrolysis) is 1. The quantitative estimate of drug-likeness (QED) is 0.0509. The number of ether oxygens (including phenoxy) is 28. The molecule has 12 rings (SSSR count). The molecule has 3 aromatic heterocycles. The van der Waals surface area contributed by atoms with Gasteiger partial charge < -0.3 is 154 Å². The van der Waals surface area contributed by atoms with Crippen molar-refractivity contribution in [1.29, 1.82) is 0 Å². The van der Waals surface area contributed by atoms with E-state index in [4.69, 9.17) is 133 Å². The second-order valence-electron chi connectivity index (χ2n) is 33.8. The van der Waals surface area contributed by atoms with Gasteiger partial charge in [-0.1, -0.05) is 15.6 Å². The average Bonchev–Trinajstić information content (AvgIpc) is 1.58. The molecule has 0 spiro atoms. The maximum absolute atomic E-state index is 13.8. The number of carbonyl (C=O) groups is 4. The molecule has 9 saturated heterocycles. The number of hydrogen-bond donors (Lipinski definition) is 4. The molecule has 0 aliphatic carbocycles. The molecule has 45 heteroatoms. The molecule has 696 valence electrons. The monoisotopic (exact) mass is 1760 g/mol. The van der Waals surface area contributed by atoms with E-state index < -0.39 is 125 Å². The summed E-state index contributed by atoms with van der Waals surface area (Å²) in [6.07, 6.45) is -0.480. The summed E-state index contributed by atoms with van der Waals surface area (Å²) in [6, 6.07) is -1.55. The van der Waals surface area contributed by atoms with E-state index >= 15 is 0 Å². The van der Waals surface area contributed by atoms with Gasteiger partial charge in [-0.3, -0.25) is 14.4 Å². The normalized spacial score (nSPS) is 29.1. The third-order valence-corrected chi connectivity index (χ3v) is 20.7. The molecule has 4 amide bonds. The summed E-state index contributed by atoms with van der Waals surface area (Å²) in [6.45, 7) is 29.6. The molecule has 9 fully saturated rings. The van der Waals surface area contributed by atoms with Gasteiger partial charge in [0.25, 0.3) is 0 Å². The highest BCUT2D eigenvalue weighted by atomic mass is 16.8. The van der Waals surface area contributed by atoms with Crippen molar-refractivity contribution >= 4 is 23.8 Å². The summed E-state index contributed by atoms with van der Waals surface area (Å²) in [7, 11) is 0. The highest BCUT2D eigenvalue weighted by Gasteiger charge is 2.69. The van der Waals surface area contributed by atoms with Crippen LogP contribution in [0, 0.1) is 0 Å². The van der Waals surface area contributed by atoms with Crippen molar-refractivity contribution in [3.8, 4) is 0 Å². The lowest BCUT2D eigenvalue weighted by Gasteiger charge is -2.42. The van der Waals surface area contributed by atoms with Gasteiger partial charge in [0, 0.05) is 20.8 Å². The summed E-state index contributed by atoms with van der Waals surface area (Å²) < 4.78 is 174. The van der Waals surface area contributed by atoms with Crippen LogP contribution in [0.4, 0.5) is 4.79 Å². The Hall–Kier alpha value is -5.98. The maximum atomic E-state index is 13.8. The van der Waals surface area contributed by atoms with E-state index in [2.05, 4.69) is 52.2 Å². The van der Waals surface area contributed by atoms with E-state index in [9.17, 15) is 19.2 Å². The van der Waals surface area contributed by atoms with Crippen LogP contribution in [0.1, 0.15) is 100 Å². The zero-order valence-corrected chi connectivity index (χ0v) is 72.7. The second-order valence-corrected chi connectivity index (χ2v) is 33.8. The standard InChI is InChI=1S/C78H127N13O32/c1-52(92)79-58-61-64(117-72(7,8)114-61)76(49-111-67(58)120-76)46-105-34-31-102-28-25-99-22-19-96-16-13-89-37-55(83-86-89)40-108-43-75(82-70(95)123-71(4,5)6,44-109-41-56-38-90(87-84-56)14-17-97-20-23-100-26-29-103-32-35-106-47-77-50-112-68(121-77)59(80-53(2)93)62-65(77)118-73(9,10)115-62)45-110-42-57-39-91(88-85-57)15-18-98-21-24-101-27-30-104-33-36-107-48-78-51-113-69(122-78)60(81-54(3)94)63-66(78)119-74(11,12)116-63/h37-39,58-69H,13-36,40-51H2,1-12H3,(H,79,92)(H,80,93)(H,81,94)(H,82,95). The zero-order valence-electron chi connectivity index (χ0n) is 72.7.